The number of hydrogen-bond acceptors (Lipinski definition) is 3. The molecule has 2 rings (SSSR count). The van der Waals surface area contributed by atoms with Crippen LogP contribution >= 0.6 is 11.6 Å². The lowest BCUT2D eigenvalue weighted by Crippen LogP contribution is -1.79. The Hall–Kier alpha value is -1.13. The van der Waals surface area contributed by atoms with Crippen LogP contribution in [0.2, 0.25) is 5.15 Å². The van der Waals surface area contributed by atoms with Crippen molar-refractivity contribution in [1.82, 2.24) is 15.0 Å². The Morgan fingerprint density at radius 2 is 2.27 bits per heavy atom. The fourth-order valence-electron chi connectivity index (χ4n) is 0.999. The minimum absolute atomic E-state index is 0.344. The van der Waals surface area contributed by atoms with Gasteiger partial charge in [-0.1, -0.05) is 24.9 Å². The van der Waals surface area contributed by atoms with Gasteiger partial charge in [0.25, 0.3) is 0 Å². The van der Waals surface area contributed by atoms with Gasteiger partial charge in [0, 0.05) is 12.8 Å². The van der Waals surface area contributed by atoms with Gasteiger partial charge in [-0.2, -0.15) is 0 Å². The standard InChI is InChI=1S/C6H4ClN3.C4H10O/c7-5-4-1-2-8-6(4)10-3-9-5;1-2-3-4-5/h1-3H,(H,8,9,10);5H,2-4H2,1H3. The van der Waals surface area contributed by atoms with Gasteiger partial charge in [-0.05, 0) is 12.5 Å². The number of halogens is 1. The first kappa shape index (κ1) is 11.9. The summed E-state index contributed by atoms with van der Waals surface area (Å²) in [4.78, 5) is 10.7. The van der Waals surface area contributed by atoms with E-state index in [1.54, 1.807) is 6.20 Å². The molecule has 15 heavy (non-hydrogen) atoms. The number of aromatic amines is 1. The van der Waals surface area contributed by atoms with Crippen LogP contribution < -0.4 is 0 Å². The van der Waals surface area contributed by atoms with Crippen molar-refractivity contribution in [2.75, 3.05) is 6.61 Å². The molecule has 0 saturated carbocycles. The number of unbranched alkanes of at least 4 members (excludes halogenated alkanes) is 1. The Balaban J connectivity index is 0.000000195. The summed E-state index contributed by atoms with van der Waals surface area (Å²) in [7, 11) is 0. The molecule has 82 valence electrons. The second-order valence-corrected chi connectivity index (χ2v) is 3.34. The van der Waals surface area contributed by atoms with Gasteiger partial charge in [-0.15, -0.1) is 0 Å². The van der Waals surface area contributed by atoms with Gasteiger partial charge in [-0.3, -0.25) is 0 Å². The monoisotopic (exact) mass is 227 g/mol. The van der Waals surface area contributed by atoms with E-state index in [1.165, 1.54) is 6.33 Å². The lowest BCUT2D eigenvalue weighted by atomic mass is 10.4. The molecule has 0 aliphatic rings. The number of H-pyrrole nitrogens is 1. The highest BCUT2D eigenvalue weighted by molar-refractivity contribution is 6.33. The Morgan fingerprint density at radius 1 is 1.47 bits per heavy atom. The molecule has 0 bridgehead atoms. The summed E-state index contributed by atoms with van der Waals surface area (Å²) in [6.45, 7) is 2.40. The second kappa shape index (κ2) is 6.37. The first-order chi connectivity index (χ1) is 7.29. The number of aliphatic hydroxyl groups excluding tert-OH is 1. The van der Waals surface area contributed by atoms with Crippen LogP contribution in [0.4, 0.5) is 0 Å². The van der Waals surface area contributed by atoms with Crippen LogP contribution in [-0.4, -0.2) is 26.7 Å². The second-order valence-electron chi connectivity index (χ2n) is 2.98. The molecule has 2 aromatic rings. The number of aromatic nitrogens is 3. The average molecular weight is 228 g/mol. The fourth-order valence-corrected chi connectivity index (χ4v) is 1.19. The molecule has 2 N–H and O–H groups in total. The molecular formula is C10H14ClN3O. The van der Waals surface area contributed by atoms with Gasteiger partial charge in [0.1, 0.15) is 17.1 Å². The summed E-state index contributed by atoms with van der Waals surface area (Å²) >= 11 is 5.73. The summed E-state index contributed by atoms with van der Waals surface area (Å²) in [5.74, 6) is 0. The molecule has 5 heteroatoms. The predicted molar refractivity (Wildman–Crippen MR) is 60.9 cm³/mol. The molecule has 0 atom stereocenters. The Morgan fingerprint density at radius 3 is 2.80 bits per heavy atom. The Bertz CT molecular complexity index is 400. The summed E-state index contributed by atoms with van der Waals surface area (Å²) in [5, 5.41) is 9.42. The highest BCUT2D eigenvalue weighted by Gasteiger charge is 1.98. The van der Waals surface area contributed by atoms with Crippen molar-refractivity contribution < 1.29 is 5.11 Å². The maximum atomic E-state index is 8.07. The molecule has 0 aliphatic heterocycles. The van der Waals surface area contributed by atoms with Crippen LogP contribution in [0.5, 0.6) is 0 Å². The topological polar surface area (TPSA) is 61.8 Å². The summed E-state index contributed by atoms with van der Waals surface area (Å²) in [5.41, 5.74) is 0.778. The first-order valence-corrected chi connectivity index (χ1v) is 5.21. The van der Waals surface area contributed by atoms with Crippen LogP contribution in [0.15, 0.2) is 18.6 Å². The van der Waals surface area contributed by atoms with E-state index >= 15 is 0 Å². The third kappa shape index (κ3) is 3.49. The molecule has 0 saturated heterocycles. The van der Waals surface area contributed by atoms with E-state index in [0.717, 1.165) is 23.9 Å². The number of aliphatic hydroxyl groups is 1. The van der Waals surface area contributed by atoms with Gasteiger partial charge >= 0.3 is 0 Å². The van der Waals surface area contributed by atoms with Crippen molar-refractivity contribution >= 4 is 22.6 Å². The lowest BCUT2D eigenvalue weighted by Gasteiger charge is -1.88. The maximum absolute atomic E-state index is 8.07. The number of fused-ring (bicyclic) bond motifs is 1. The van der Waals surface area contributed by atoms with Crippen molar-refractivity contribution in [2.24, 2.45) is 0 Å². The quantitative estimate of drug-likeness (QED) is 0.775. The molecule has 0 amide bonds. The Kier molecular flexibility index (Phi) is 5.07. The van der Waals surface area contributed by atoms with Crippen molar-refractivity contribution in [2.45, 2.75) is 19.8 Å². The number of rotatable bonds is 2. The Labute approximate surface area is 93.3 Å². The zero-order chi connectivity index (χ0) is 11.1. The highest BCUT2D eigenvalue weighted by atomic mass is 35.5. The number of hydrogen-bond donors (Lipinski definition) is 2. The summed E-state index contributed by atoms with van der Waals surface area (Å²) < 4.78 is 0. The molecule has 0 unspecified atom stereocenters. The van der Waals surface area contributed by atoms with Crippen molar-refractivity contribution in [3.63, 3.8) is 0 Å². The van der Waals surface area contributed by atoms with Gasteiger partial charge < -0.3 is 10.1 Å². The molecule has 0 aromatic carbocycles. The van der Waals surface area contributed by atoms with E-state index in [4.69, 9.17) is 16.7 Å². The van der Waals surface area contributed by atoms with Crippen LogP contribution in [-0.2, 0) is 0 Å². The fraction of sp³-hybridized carbons (Fsp3) is 0.400. The minimum atomic E-state index is 0.344. The zero-order valence-corrected chi connectivity index (χ0v) is 9.33. The van der Waals surface area contributed by atoms with Crippen LogP contribution in [0, 0.1) is 0 Å². The van der Waals surface area contributed by atoms with E-state index in [2.05, 4.69) is 21.9 Å². The zero-order valence-electron chi connectivity index (χ0n) is 8.57. The van der Waals surface area contributed by atoms with E-state index in [0.29, 0.717) is 11.8 Å². The summed E-state index contributed by atoms with van der Waals surface area (Å²) in [6.07, 6.45) is 5.25. The molecule has 0 fully saturated rings. The molecular weight excluding hydrogens is 214 g/mol. The van der Waals surface area contributed by atoms with Crippen molar-refractivity contribution in [1.29, 1.82) is 0 Å². The smallest absolute Gasteiger partial charge is 0.142 e. The predicted octanol–water partition coefficient (Wildman–Crippen LogP) is 2.39. The third-order valence-electron chi connectivity index (χ3n) is 1.82. The molecule has 4 nitrogen and oxygen atoms in total. The molecule has 2 heterocycles. The van der Waals surface area contributed by atoms with E-state index < -0.39 is 0 Å². The molecule has 0 aliphatic carbocycles. The molecule has 0 radical (unpaired) electrons. The summed E-state index contributed by atoms with van der Waals surface area (Å²) in [6, 6.07) is 1.84. The van der Waals surface area contributed by atoms with Crippen molar-refractivity contribution in [3.8, 4) is 0 Å². The maximum Gasteiger partial charge on any atom is 0.142 e. The van der Waals surface area contributed by atoms with E-state index in [1.807, 2.05) is 6.07 Å². The van der Waals surface area contributed by atoms with Gasteiger partial charge in [0.15, 0.2) is 0 Å². The lowest BCUT2D eigenvalue weighted by molar-refractivity contribution is 0.287. The first-order valence-electron chi connectivity index (χ1n) is 4.84. The number of nitrogens with one attached hydrogen (secondary N) is 1. The van der Waals surface area contributed by atoms with Crippen molar-refractivity contribution in [3.05, 3.63) is 23.7 Å². The average Bonchev–Trinajstić information content (AvgIpc) is 2.69. The SMILES string of the molecule is CCCCO.Clc1ncnc2[nH]ccc12. The van der Waals surface area contributed by atoms with E-state index in [-0.39, 0.29) is 0 Å². The molecule has 2 aromatic heterocycles. The normalized spacial score (nSPS) is 9.80. The number of nitrogens with zero attached hydrogens (tertiary/aromatic N) is 2. The third-order valence-corrected chi connectivity index (χ3v) is 2.12. The van der Waals surface area contributed by atoms with Crippen LogP contribution in [0.1, 0.15) is 19.8 Å². The van der Waals surface area contributed by atoms with Gasteiger partial charge in [-0.25, -0.2) is 9.97 Å². The largest absolute Gasteiger partial charge is 0.396 e. The highest BCUT2D eigenvalue weighted by Crippen LogP contribution is 2.16. The van der Waals surface area contributed by atoms with Crippen LogP contribution in [0.3, 0.4) is 0 Å². The van der Waals surface area contributed by atoms with E-state index in [9.17, 15) is 0 Å². The minimum Gasteiger partial charge on any atom is -0.396 e. The van der Waals surface area contributed by atoms with Crippen LogP contribution in [0.25, 0.3) is 11.0 Å². The van der Waals surface area contributed by atoms with Gasteiger partial charge in [0.05, 0.1) is 5.39 Å². The molecule has 0 spiro atoms. The van der Waals surface area contributed by atoms with Gasteiger partial charge in [0.2, 0.25) is 0 Å².